The second-order valence-electron chi connectivity index (χ2n) is 7.09. The fourth-order valence-corrected chi connectivity index (χ4v) is 3.15. The van der Waals surface area contributed by atoms with E-state index in [1.807, 2.05) is 7.05 Å². The van der Waals surface area contributed by atoms with Crippen molar-refractivity contribution in [2.45, 2.75) is 12.8 Å². The van der Waals surface area contributed by atoms with Crippen molar-refractivity contribution < 1.29 is 4.74 Å². The first kappa shape index (κ1) is 18.9. The highest BCUT2D eigenvalue weighted by Crippen LogP contribution is 2.28. The van der Waals surface area contributed by atoms with Crippen molar-refractivity contribution in [3.05, 3.63) is 42.0 Å². The van der Waals surface area contributed by atoms with Crippen LogP contribution >= 0.6 is 0 Å². The Morgan fingerprint density at radius 2 is 1.96 bits per heavy atom. The number of ether oxygens (including phenoxy) is 1. The maximum absolute atomic E-state index is 5.69. The summed E-state index contributed by atoms with van der Waals surface area (Å²) in [6, 6.07) is 10.5. The van der Waals surface area contributed by atoms with Gasteiger partial charge in [-0.2, -0.15) is 0 Å². The maximum Gasteiger partial charge on any atom is 0.193 e. The molecule has 0 radical (unpaired) electrons. The first-order valence-corrected chi connectivity index (χ1v) is 9.82. The molecule has 3 rings (SSSR count). The summed E-state index contributed by atoms with van der Waals surface area (Å²) in [7, 11) is 1.86. The molecule has 5 nitrogen and oxygen atoms in total. The van der Waals surface area contributed by atoms with Gasteiger partial charge in [0.05, 0.1) is 6.61 Å². The third-order valence-corrected chi connectivity index (χ3v) is 4.94. The molecule has 1 saturated carbocycles. The quantitative estimate of drug-likeness (QED) is 0.441. The van der Waals surface area contributed by atoms with Gasteiger partial charge in [0.25, 0.3) is 0 Å². The highest BCUT2D eigenvalue weighted by molar-refractivity contribution is 5.80. The topological polar surface area (TPSA) is 40.1 Å². The molecule has 5 heteroatoms. The van der Waals surface area contributed by atoms with E-state index < -0.39 is 0 Å². The molecule has 1 aliphatic heterocycles. The Morgan fingerprint density at radius 1 is 1.19 bits per heavy atom. The van der Waals surface area contributed by atoms with Gasteiger partial charge in [-0.3, -0.25) is 9.89 Å². The average Bonchev–Trinajstić information content (AvgIpc) is 3.51. The number of hydrogen-bond acceptors (Lipinski definition) is 3. The number of guanidine groups is 1. The predicted molar refractivity (Wildman–Crippen MR) is 108 cm³/mol. The molecule has 1 aliphatic carbocycles. The number of nitrogens with zero attached hydrogens (tertiary/aromatic N) is 3. The first-order chi connectivity index (χ1) is 12.8. The Hall–Kier alpha value is -1.85. The van der Waals surface area contributed by atoms with Gasteiger partial charge in [-0.15, -0.1) is 0 Å². The Bertz CT molecular complexity index is 575. The number of piperazine rings is 1. The molecule has 2 fully saturated rings. The van der Waals surface area contributed by atoms with E-state index in [2.05, 4.69) is 62.6 Å². The molecule has 142 valence electrons. The van der Waals surface area contributed by atoms with Gasteiger partial charge in [-0.25, -0.2) is 0 Å². The molecule has 1 aromatic rings. The Kier molecular flexibility index (Phi) is 7.52. The Morgan fingerprint density at radius 3 is 2.65 bits per heavy atom. The summed E-state index contributed by atoms with van der Waals surface area (Å²) in [5, 5.41) is 3.43. The second kappa shape index (κ2) is 10.3. The molecule has 0 aromatic heterocycles. The van der Waals surface area contributed by atoms with Gasteiger partial charge in [0.2, 0.25) is 0 Å². The zero-order valence-corrected chi connectivity index (χ0v) is 15.9. The molecule has 0 amide bonds. The van der Waals surface area contributed by atoms with Crippen LogP contribution in [0.15, 0.2) is 41.4 Å². The molecule has 1 N–H and O–H groups in total. The largest absolute Gasteiger partial charge is 0.379 e. The van der Waals surface area contributed by atoms with Gasteiger partial charge in [0.1, 0.15) is 0 Å². The number of aliphatic imine (C=N–C) groups is 1. The molecule has 0 atom stereocenters. The monoisotopic (exact) mass is 356 g/mol. The molecule has 1 saturated heterocycles. The molecular formula is C21H32N4O. The summed E-state index contributed by atoms with van der Waals surface area (Å²) < 4.78 is 5.69. The molecule has 1 aromatic carbocycles. The van der Waals surface area contributed by atoms with Crippen molar-refractivity contribution in [1.29, 1.82) is 0 Å². The molecular weight excluding hydrogens is 324 g/mol. The molecule has 2 aliphatic rings. The lowest BCUT2D eigenvalue weighted by Crippen LogP contribution is -2.52. The fraction of sp³-hybridized carbons (Fsp3) is 0.571. The third-order valence-electron chi connectivity index (χ3n) is 4.94. The van der Waals surface area contributed by atoms with Gasteiger partial charge in [0, 0.05) is 52.9 Å². The van der Waals surface area contributed by atoms with Crippen LogP contribution in [0.1, 0.15) is 18.4 Å². The van der Waals surface area contributed by atoms with E-state index >= 15 is 0 Å². The lowest BCUT2D eigenvalue weighted by atomic mass is 10.2. The van der Waals surface area contributed by atoms with Crippen LogP contribution in [-0.2, 0) is 4.74 Å². The number of hydrogen-bond donors (Lipinski definition) is 1. The van der Waals surface area contributed by atoms with Crippen molar-refractivity contribution in [3.63, 3.8) is 0 Å². The summed E-state index contributed by atoms with van der Waals surface area (Å²) in [6.45, 7) is 7.69. The van der Waals surface area contributed by atoms with Crippen LogP contribution in [0.25, 0.3) is 6.08 Å². The van der Waals surface area contributed by atoms with Gasteiger partial charge in [0.15, 0.2) is 5.96 Å². The zero-order valence-electron chi connectivity index (χ0n) is 15.9. The van der Waals surface area contributed by atoms with Gasteiger partial charge in [-0.05, 0) is 24.3 Å². The van der Waals surface area contributed by atoms with E-state index in [9.17, 15) is 0 Å². The highest BCUT2D eigenvalue weighted by atomic mass is 16.5. The van der Waals surface area contributed by atoms with E-state index in [1.54, 1.807) is 0 Å². The summed E-state index contributed by atoms with van der Waals surface area (Å²) in [5.74, 6) is 1.83. The predicted octanol–water partition coefficient (Wildman–Crippen LogP) is 2.32. The van der Waals surface area contributed by atoms with E-state index in [1.165, 1.54) is 18.4 Å². The van der Waals surface area contributed by atoms with E-state index in [0.717, 1.165) is 64.4 Å². The molecule has 26 heavy (non-hydrogen) atoms. The van der Waals surface area contributed by atoms with Crippen LogP contribution in [0.4, 0.5) is 0 Å². The van der Waals surface area contributed by atoms with Crippen LogP contribution < -0.4 is 5.32 Å². The van der Waals surface area contributed by atoms with Crippen molar-refractivity contribution >= 4 is 12.0 Å². The minimum Gasteiger partial charge on any atom is -0.379 e. The SMILES string of the molecule is CN=C(NCCOCC1CC1)N1CCN(C/C=C/c2ccccc2)CC1. The van der Waals surface area contributed by atoms with Crippen LogP contribution in [0.2, 0.25) is 0 Å². The number of benzene rings is 1. The Balaban J connectivity index is 1.31. The van der Waals surface area contributed by atoms with Gasteiger partial charge < -0.3 is 15.0 Å². The summed E-state index contributed by atoms with van der Waals surface area (Å²) in [5.41, 5.74) is 1.26. The van der Waals surface area contributed by atoms with Crippen LogP contribution in [0.5, 0.6) is 0 Å². The molecule has 0 bridgehead atoms. The van der Waals surface area contributed by atoms with Crippen molar-refractivity contribution in [1.82, 2.24) is 15.1 Å². The van der Waals surface area contributed by atoms with E-state index in [4.69, 9.17) is 4.74 Å². The lowest BCUT2D eigenvalue weighted by molar-refractivity contribution is 0.127. The number of rotatable bonds is 8. The maximum atomic E-state index is 5.69. The third kappa shape index (κ3) is 6.46. The normalized spacial score (nSPS) is 19.3. The van der Waals surface area contributed by atoms with Crippen molar-refractivity contribution in [2.24, 2.45) is 10.9 Å². The lowest BCUT2D eigenvalue weighted by Gasteiger charge is -2.36. The zero-order chi connectivity index (χ0) is 18.0. The van der Waals surface area contributed by atoms with Crippen molar-refractivity contribution in [3.8, 4) is 0 Å². The summed E-state index contributed by atoms with van der Waals surface area (Å²) in [4.78, 5) is 9.26. The minimum atomic E-state index is 0.764. The smallest absolute Gasteiger partial charge is 0.193 e. The van der Waals surface area contributed by atoms with E-state index in [0.29, 0.717) is 0 Å². The summed E-state index contributed by atoms with van der Waals surface area (Å²) in [6.07, 6.45) is 7.16. The van der Waals surface area contributed by atoms with E-state index in [-0.39, 0.29) is 0 Å². The van der Waals surface area contributed by atoms with Crippen LogP contribution in [-0.4, -0.2) is 75.3 Å². The molecule has 0 spiro atoms. The van der Waals surface area contributed by atoms with Gasteiger partial charge >= 0.3 is 0 Å². The van der Waals surface area contributed by atoms with Gasteiger partial charge in [-0.1, -0.05) is 42.5 Å². The molecule has 0 unspecified atom stereocenters. The number of nitrogens with one attached hydrogen (secondary N) is 1. The second-order valence-corrected chi connectivity index (χ2v) is 7.09. The van der Waals surface area contributed by atoms with Crippen LogP contribution in [0.3, 0.4) is 0 Å². The first-order valence-electron chi connectivity index (χ1n) is 9.82. The minimum absolute atomic E-state index is 0.764. The van der Waals surface area contributed by atoms with Crippen LogP contribution in [0, 0.1) is 5.92 Å². The fourth-order valence-electron chi connectivity index (χ4n) is 3.15. The Labute approximate surface area is 157 Å². The average molecular weight is 357 g/mol. The molecule has 1 heterocycles. The highest BCUT2D eigenvalue weighted by Gasteiger charge is 2.21. The summed E-state index contributed by atoms with van der Waals surface area (Å²) >= 11 is 0. The van der Waals surface area contributed by atoms with Crippen molar-refractivity contribution in [2.75, 3.05) is 59.5 Å². The standard InChI is InChI=1S/C21H32N4O/c1-22-21(23-11-17-26-18-20-9-10-20)25-15-13-24(14-16-25)12-5-8-19-6-3-2-4-7-19/h2-8,20H,9-18H2,1H3,(H,22,23)/b8-5+.